The van der Waals surface area contributed by atoms with Gasteiger partial charge in [0.25, 0.3) is 10.0 Å². The number of hydrogen-bond acceptors (Lipinski definition) is 4. The number of sulfonamides is 1. The van der Waals surface area contributed by atoms with Crippen LogP contribution in [0.3, 0.4) is 0 Å². The summed E-state index contributed by atoms with van der Waals surface area (Å²) in [7, 11) is -3.53. The molecule has 0 atom stereocenters. The van der Waals surface area contributed by atoms with E-state index in [1.54, 1.807) is 0 Å². The van der Waals surface area contributed by atoms with Crippen LogP contribution in [0, 0.1) is 0 Å². The molecule has 0 saturated heterocycles. The number of rotatable bonds is 7. The van der Waals surface area contributed by atoms with Crippen molar-refractivity contribution in [2.45, 2.75) is 24.3 Å². The lowest BCUT2D eigenvalue weighted by Gasteiger charge is -2.03. The van der Waals surface area contributed by atoms with E-state index >= 15 is 0 Å². The summed E-state index contributed by atoms with van der Waals surface area (Å²) in [6.45, 7) is 0.217. The van der Waals surface area contributed by atoms with Crippen LogP contribution in [0.1, 0.15) is 19.3 Å². The number of nitrogens with one attached hydrogen (secondary N) is 2. The molecule has 8 heteroatoms. The van der Waals surface area contributed by atoms with Crippen molar-refractivity contribution < 1.29 is 18.3 Å². The van der Waals surface area contributed by atoms with E-state index in [1.165, 1.54) is 12.5 Å². The third-order valence-electron chi connectivity index (χ3n) is 1.87. The van der Waals surface area contributed by atoms with Gasteiger partial charge in [0.15, 0.2) is 5.03 Å². The summed E-state index contributed by atoms with van der Waals surface area (Å²) >= 11 is 0. The molecule has 0 radical (unpaired) electrons. The highest BCUT2D eigenvalue weighted by Gasteiger charge is 2.13. The van der Waals surface area contributed by atoms with Crippen molar-refractivity contribution in [1.82, 2.24) is 14.7 Å². The van der Waals surface area contributed by atoms with Crippen LogP contribution in [0.4, 0.5) is 0 Å². The smallest absolute Gasteiger partial charge is 0.303 e. The third kappa shape index (κ3) is 3.99. The van der Waals surface area contributed by atoms with E-state index in [-0.39, 0.29) is 18.0 Å². The molecule has 1 aromatic heterocycles. The first kappa shape index (κ1) is 12.7. The Labute approximate surface area is 93.0 Å². The van der Waals surface area contributed by atoms with Crippen LogP contribution >= 0.6 is 0 Å². The highest BCUT2D eigenvalue weighted by atomic mass is 32.2. The quantitative estimate of drug-likeness (QED) is 0.584. The summed E-state index contributed by atoms with van der Waals surface area (Å²) in [6.07, 6.45) is 3.46. The number of carbonyl (C=O) groups is 1. The lowest BCUT2D eigenvalue weighted by Crippen LogP contribution is -2.25. The Hall–Kier alpha value is -1.41. The molecule has 90 valence electrons. The molecule has 3 N–H and O–H groups in total. The molecule has 0 spiro atoms. The molecule has 0 aromatic carbocycles. The first-order chi connectivity index (χ1) is 7.52. The Morgan fingerprint density at radius 3 is 2.81 bits per heavy atom. The SMILES string of the molecule is O=C(O)CCCCNS(=O)(=O)c1cnc[nH]1. The van der Waals surface area contributed by atoms with Gasteiger partial charge in [-0.2, -0.15) is 0 Å². The Morgan fingerprint density at radius 2 is 2.25 bits per heavy atom. The number of carboxylic acid groups (broad SMARTS) is 1. The maximum absolute atomic E-state index is 11.5. The molecule has 1 rings (SSSR count). The van der Waals surface area contributed by atoms with Gasteiger partial charge in [-0.3, -0.25) is 4.79 Å². The number of carboxylic acids is 1. The maximum Gasteiger partial charge on any atom is 0.303 e. The Bertz CT molecular complexity index is 426. The fraction of sp³-hybridized carbons (Fsp3) is 0.500. The molecule has 0 amide bonds. The van der Waals surface area contributed by atoms with Crippen LogP contribution in [-0.4, -0.2) is 36.0 Å². The largest absolute Gasteiger partial charge is 0.481 e. The first-order valence-corrected chi connectivity index (χ1v) is 6.20. The minimum absolute atomic E-state index is 0.00531. The van der Waals surface area contributed by atoms with Gasteiger partial charge in [0.1, 0.15) is 0 Å². The van der Waals surface area contributed by atoms with Gasteiger partial charge in [-0.25, -0.2) is 18.1 Å². The molecular weight excluding hydrogens is 234 g/mol. The summed E-state index contributed by atoms with van der Waals surface area (Å²) in [4.78, 5) is 16.3. The number of aromatic amines is 1. The second-order valence-corrected chi connectivity index (χ2v) is 4.90. The predicted molar refractivity (Wildman–Crippen MR) is 55.3 cm³/mol. The van der Waals surface area contributed by atoms with Gasteiger partial charge in [-0.15, -0.1) is 0 Å². The van der Waals surface area contributed by atoms with E-state index in [2.05, 4.69) is 14.7 Å². The lowest BCUT2D eigenvalue weighted by molar-refractivity contribution is -0.137. The van der Waals surface area contributed by atoms with E-state index in [0.717, 1.165) is 0 Å². The van der Waals surface area contributed by atoms with Crippen LogP contribution in [-0.2, 0) is 14.8 Å². The molecule has 0 fully saturated rings. The van der Waals surface area contributed by atoms with Crippen LogP contribution in [0.2, 0.25) is 0 Å². The van der Waals surface area contributed by atoms with Crippen molar-refractivity contribution >= 4 is 16.0 Å². The number of nitrogens with zero attached hydrogens (tertiary/aromatic N) is 1. The van der Waals surface area contributed by atoms with Crippen LogP contribution < -0.4 is 4.72 Å². The summed E-state index contributed by atoms with van der Waals surface area (Å²) < 4.78 is 25.3. The second kappa shape index (κ2) is 5.61. The molecule has 0 aliphatic carbocycles. The molecule has 0 bridgehead atoms. The van der Waals surface area contributed by atoms with Gasteiger partial charge in [-0.1, -0.05) is 0 Å². The van der Waals surface area contributed by atoms with Gasteiger partial charge in [-0.05, 0) is 12.8 Å². The summed E-state index contributed by atoms with van der Waals surface area (Å²) in [5.74, 6) is -0.878. The molecule has 16 heavy (non-hydrogen) atoms. The molecule has 0 unspecified atom stereocenters. The average Bonchev–Trinajstić information content (AvgIpc) is 2.69. The van der Waals surface area contributed by atoms with E-state index in [9.17, 15) is 13.2 Å². The van der Waals surface area contributed by atoms with Crippen molar-refractivity contribution in [3.05, 3.63) is 12.5 Å². The highest BCUT2D eigenvalue weighted by Crippen LogP contribution is 2.02. The summed E-state index contributed by atoms with van der Waals surface area (Å²) in [5, 5.41) is 8.38. The molecule has 1 heterocycles. The summed E-state index contributed by atoms with van der Waals surface area (Å²) in [6, 6.07) is 0. The number of unbranched alkanes of at least 4 members (excludes halogenated alkanes) is 1. The topological polar surface area (TPSA) is 112 Å². The molecule has 1 aromatic rings. The Morgan fingerprint density at radius 1 is 1.50 bits per heavy atom. The fourth-order valence-corrected chi connectivity index (χ4v) is 2.05. The molecular formula is C8H13N3O4S. The van der Waals surface area contributed by atoms with Crippen LogP contribution in [0.15, 0.2) is 17.6 Å². The van der Waals surface area contributed by atoms with Crippen LogP contribution in [0.25, 0.3) is 0 Å². The number of hydrogen-bond donors (Lipinski definition) is 3. The minimum Gasteiger partial charge on any atom is -0.481 e. The lowest BCUT2D eigenvalue weighted by atomic mass is 10.2. The fourth-order valence-electron chi connectivity index (χ4n) is 1.08. The Balaban J connectivity index is 2.30. The normalized spacial score (nSPS) is 11.5. The van der Waals surface area contributed by atoms with Crippen molar-refractivity contribution in [2.75, 3.05) is 6.54 Å². The predicted octanol–water partition coefficient (Wildman–Crippen LogP) is -0.0571. The van der Waals surface area contributed by atoms with Crippen molar-refractivity contribution in [1.29, 1.82) is 0 Å². The van der Waals surface area contributed by atoms with Gasteiger partial charge in [0.05, 0.1) is 12.5 Å². The van der Waals surface area contributed by atoms with E-state index in [1.807, 2.05) is 0 Å². The van der Waals surface area contributed by atoms with Gasteiger partial charge in [0.2, 0.25) is 0 Å². The molecule has 7 nitrogen and oxygen atoms in total. The van der Waals surface area contributed by atoms with Crippen molar-refractivity contribution in [3.63, 3.8) is 0 Å². The highest BCUT2D eigenvalue weighted by molar-refractivity contribution is 7.89. The zero-order valence-electron chi connectivity index (χ0n) is 8.51. The van der Waals surface area contributed by atoms with Gasteiger partial charge >= 0.3 is 5.97 Å². The molecule has 0 aliphatic heterocycles. The number of H-pyrrole nitrogens is 1. The third-order valence-corrected chi connectivity index (χ3v) is 3.26. The van der Waals surface area contributed by atoms with Crippen LogP contribution in [0.5, 0.6) is 0 Å². The number of imidazole rings is 1. The number of aromatic nitrogens is 2. The van der Waals surface area contributed by atoms with Gasteiger partial charge in [0, 0.05) is 13.0 Å². The monoisotopic (exact) mass is 247 g/mol. The number of aliphatic carboxylic acids is 1. The van der Waals surface area contributed by atoms with Crippen molar-refractivity contribution in [2.24, 2.45) is 0 Å². The zero-order chi connectivity index (χ0) is 12.0. The second-order valence-electron chi connectivity index (χ2n) is 3.16. The van der Waals surface area contributed by atoms with E-state index < -0.39 is 16.0 Å². The summed E-state index contributed by atoms with van der Waals surface area (Å²) in [5.41, 5.74) is 0. The Kier molecular flexibility index (Phi) is 4.44. The molecule has 0 aliphatic rings. The standard InChI is InChI=1S/C8H13N3O4S/c12-8(13)3-1-2-4-11-16(14,15)7-5-9-6-10-7/h5-6,11H,1-4H2,(H,9,10)(H,12,13). The van der Waals surface area contributed by atoms with E-state index in [0.29, 0.717) is 12.8 Å². The average molecular weight is 247 g/mol. The van der Waals surface area contributed by atoms with Gasteiger partial charge < -0.3 is 10.1 Å². The molecule has 0 saturated carbocycles. The minimum atomic E-state index is -3.53. The first-order valence-electron chi connectivity index (χ1n) is 4.72. The zero-order valence-corrected chi connectivity index (χ0v) is 9.33. The maximum atomic E-state index is 11.5. The van der Waals surface area contributed by atoms with E-state index in [4.69, 9.17) is 5.11 Å². The van der Waals surface area contributed by atoms with Crippen molar-refractivity contribution in [3.8, 4) is 0 Å².